The highest BCUT2D eigenvalue weighted by molar-refractivity contribution is 6.03. The summed E-state index contributed by atoms with van der Waals surface area (Å²) < 4.78 is 11.1. The Morgan fingerprint density at radius 1 is 0.906 bits per heavy atom. The van der Waals surface area contributed by atoms with Crippen molar-refractivity contribution in [2.75, 3.05) is 14.2 Å². The summed E-state index contributed by atoms with van der Waals surface area (Å²) in [5.74, 6) is 1.96. The maximum Gasteiger partial charge on any atom is 0.320 e. The molecule has 0 bridgehead atoms. The maximum absolute atomic E-state index is 12.8. The van der Waals surface area contributed by atoms with Crippen molar-refractivity contribution in [3.8, 4) is 11.5 Å². The van der Waals surface area contributed by atoms with Crippen molar-refractivity contribution in [2.45, 2.75) is 6.04 Å². The second-order valence-corrected chi connectivity index (χ2v) is 7.40. The number of para-hydroxylation sites is 2. The molecule has 2 heterocycles. The Bertz CT molecular complexity index is 1290. The number of carbonyl (C=O) groups excluding carboxylic acids is 1. The molecule has 1 atom stereocenters. The summed E-state index contributed by atoms with van der Waals surface area (Å²) in [5, 5.41) is 6.04. The van der Waals surface area contributed by atoms with Crippen LogP contribution in [0.15, 0.2) is 72.8 Å². The van der Waals surface area contributed by atoms with Gasteiger partial charge in [-0.3, -0.25) is 0 Å². The van der Waals surface area contributed by atoms with Gasteiger partial charge in [-0.25, -0.2) is 9.78 Å². The monoisotopic (exact) mass is 426 g/mol. The highest BCUT2D eigenvalue weighted by Gasteiger charge is 2.33. The highest BCUT2D eigenvalue weighted by Crippen LogP contribution is 2.41. The molecule has 0 spiro atoms. The molecular formula is C25H22N4O3. The zero-order chi connectivity index (χ0) is 22.1. The van der Waals surface area contributed by atoms with Gasteiger partial charge >= 0.3 is 6.03 Å². The van der Waals surface area contributed by atoms with Crippen molar-refractivity contribution in [3.63, 3.8) is 0 Å². The number of hydrogen-bond donors (Lipinski definition) is 3. The molecular weight excluding hydrogens is 404 g/mol. The van der Waals surface area contributed by atoms with Gasteiger partial charge < -0.3 is 25.1 Å². The number of imidazole rings is 1. The average Bonchev–Trinajstić information content (AvgIpc) is 3.27. The molecule has 1 aromatic heterocycles. The van der Waals surface area contributed by atoms with E-state index in [2.05, 4.69) is 15.6 Å². The minimum Gasteiger partial charge on any atom is -0.497 e. The number of H-pyrrole nitrogens is 1. The van der Waals surface area contributed by atoms with Gasteiger partial charge in [0, 0.05) is 11.1 Å². The summed E-state index contributed by atoms with van der Waals surface area (Å²) in [6.45, 7) is 0. The first kappa shape index (κ1) is 19.7. The fraction of sp³-hybridized carbons (Fsp3) is 0.120. The van der Waals surface area contributed by atoms with Gasteiger partial charge in [-0.05, 0) is 35.9 Å². The number of carbonyl (C=O) groups is 1. The van der Waals surface area contributed by atoms with Crippen molar-refractivity contribution in [3.05, 3.63) is 89.7 Å². The molecule has 160 valence electrons. The van der Waals surface area contributed by atoms with Crippen LogP contribution in [0.25, 0.3) is 22.3 Å². The van der Waals surface area contributed by atoms with E-state index in [4.69, 9.17) is 14.5 Å². The number of nitrogens with one attached hydrogen (secondary N) is 3. The number of amides is 2. The largest absolute Gasteiger partial charge is 0.497 e. The van der Waals surface area contributed by atoms with Crippen molar-refractivity contribution in [1.82, 2.24) is 20.6 Å². The van der Waals surface area contributed by atoms with E-state index >= 15 is 0 Å². The Labute approximate surface area is 185 Å². The van der Waals surface area contributed by atoms with Crippen molar-refractivity contribution in [1.29, 1.82) is 0 Å². The minimum absolute atomic E-state index is 0.307. The zero-order valence-electron chi connectivity index (χ0n) is 17.7. The van der Waals surface area contributed by atoms with E-state index in [0.29, 0.717) is 23.0 Å². The molecule has 7 heteroatoms. The molecule has 0 unspecified atom stereocenters. The molecule has 0 fully saturated rings. The maximum atomic E-state index is 12.8. The normalized spacial score (nSPS) is 15.9. The fourth-order valence-electron chi connectivity index (χ4n) is 4.03. The number of rotatable bonds is 5. The Morgan fingerprint density at radius 3 is 2.44 bits per heavy atom. The van der Waals surface area contributed by atoms with Gasteiger partial charge in [0.2, 0.25) is 0 Å². The van der Waals surface area contributed by atoms with Crippen molar-refractivity contribution >= 4 is 28.3 Å². The van der Waals surface area contributed by atoms with Crippen LogP contribution in [0.2, 0.25) is 0 Å². The number of hydrogen-bond acceptors (Lipinski definition) is 4. The van der Waals surface area contributed by atoms with Crippen LogP contribution in [0.1, 0.15) is 23.0 Å². The zero-order valence-corrected chi connectivity index (χ0v) is 17.7. The average molecular weight is 426 g/mol. The third-order valence-corrected chi connectivity index (χ3v) is 5.53. The quantitative estimate of drug-likeness (QED) is 0.438. The van der Waals surface area contributed by atoms with Gasteiger partial charge in [0.1, 0.15) is 17.3 Å². The summed E-state index contributed by atoms with van der Waals surface area (Å²) in [6.07, 6.45) is 0. The Kier molecular flexibility index (Phi) is 4.99. The van der Waals surface area contributed by atoms with Gasteiger partial charge in [-0.15, -0.1) is 0 Å². The van der Waals surface area contributed by atoms with Crippen LogP contribution in [0.3, 0.4) is 0 Å². The van der Waals surface area contributed by atoms with E-state index in [9.17, 15) is 4.79 Å². The number of aromatic nitrogens is 2. The molecule has 32 heavy (non-hydrogen) atoms. The summed E-state index contributed by atoms with van der Waals surface area (Å²) in [5.41, 5.74) is 4.89. The lowest BCUT2D eigenvalue weighted by Gasteiger charge is -2.30. The van der Waals surface area contributed by atoms with Gasteiger partial charge in [-0.2, -0.15) is 0 Å². The van der Waals surface area contributed by atoms with E-state index in [-0.39, 0.29) is 6.03 Å². The Balaban J connectivity index is 1.79. The highest BCUT2D eigenvalue weighted by atomic mass is 16.5. The van der Waals surface area contributed by atoms with Gasteiger partial charge in [0.15, 0.2) is 0 Å². The smallest absolute Gasteiger partial charge is 0.320 e. The molecule has 3 N–H and O–H groups in total. The third kappa shape index (κ3) is 3.43. The lowest BCUT2D eigenvalue weighted by Crippen LogP contribution is -2.43. The summed E-state index contributed by atoms with van der Waals surface area (Å²) in [6, 6.07) is 22.3. The molecule has 7 nitrogen and oxygen atoms in total. The van der Waals surface area contributed by atoms with Crippen LogP contribution < -0.4 is 20.1 Å². The predicted octanol–water partition coefficient (Wildman–Crippen LogP) is 4.50. The van der Waals surface area contributed by atoms with Gasteiger partial charge in [0.05, 0.1) is 37.0 Å². The van der Waals surface area contributed by atoms with Crippen molar-refractivity contribution < 1.29 is 14.3 Å². The predicted molar refractivity (Wildman–Crippen MR) is 123 cm³/mol. The van der Waals surface area contributed by atoms with Crippen LogP contribution in [0.5, 0.6) is 11.5 Å². The lowest BCUT2D eigenvalue weighted by atomic mass is 9.91. The number of methoxy groups -OCH3 is 2. The molecule has 1 aliphatic rings. The van der Waals surface area contributed by atoms with E-state index in [1.165, 1.54) is 0 Å². The molecule has 2 amide bonds. The van der Waals surface area contributed by atoms with Crippen LogP contribution in [-0.4, -0.2) is 30.2 Å². The molecule has 0 saturated carbocycles. The first-order valence-electron chi connectivity index (χ1n) is 10.2. The minimum atomic E-state index is -0.524. The molecule has 1 aliphatic heterocycles. The van der Waals surface area contributed by atoms with Gasteiger partial charge in [-0.1, -0.05) is 42.5 Å². The second kappa shape index (κ2) is 8.11. The summed E-state index contributed by atoms with van der Waals surface area (Å²) in [4.78, 5) is 21.0. The van der Waals surface area contributed by atoms with E-state index in [0.717, 1.165) is 27.7 Å². The topological polar surface area (TPSA) is 88.3 Å². The summed E-state index contributed by atoms with van der Waals surface area (Å²) >= 11 is 0. The van der Waals surface area contributed by atoms with Crippen LogP contribution in [0.4, 0.5) is 4.79 Å². The number of nitrogens with zero attached hydrogens (tertiary/aromatic N) is 1. The van der Waals surface area contributed by atoms with Crippen LogP contribution in [-0.2, 0) is 0 Å². The Hall–Kier alpha value is -4.26. The molecule has 0 radical (unpaired) electrons. The first-order chi connectivity index (χ1) is 15.7. The number of benzene rings is 3. The lowest BCUT2D eigenvalue weighted by molar-refractivity contribution is 0.242. The second-order valence-electron chi connectivity index (χ2n) is 7.40. The number of fused-ring (bicyclic) bond motifs is 1. The van der Waals surface area contributed by atoms with Crippen LogP contribution in [0, 0.1) is 0 Å². The summed E-state index contributed by atoms with van der Waals surface area (Å²) in [7, 11) is 3.22. The molecule has 5 rings (SSSR count). The van der Waals surface area contributed by atoms with E-state index < -0.39 is 6.04 Å². The number of aromatic amines is 1. The molecule has 4 aromatic rings. The van der Waals surface area contributed by atoms with E-state index in [1.807, 2.05) is 72.8 Å². The fourth-order valence-corrected chi connectivity index (χ4v) is 4.03. The molecule has 3 aromatic carbocycles. The SMILES string of the molecule is COc1ccc(OC)c([C@H]2NC(=O)NC(c3ccccc3)=C2c2nc3ccccc3[nH]2)c1. The molecule has 0 aliphatic carbocycles. The standard InChI is InChI=1S/C25H22N4O3/c1-31-16-12-13-20(32-2)17(14-16)23-21(24-26-18-10-6-7-11-19(18)27-24)22(28-25(30)29-23)15-8-4-3-5-9-15/h3-14,23H,1-2H3,(H,26,27)(H2,28,29,30)/t23-/m1/s1. The van der Waals surface area contributed by atoms with E-state index in [1.54, 1.807) is 14.2 Å². The van der Waals surface area contributed by atoms with Crippen molar-refractivity contribution in [2.24, 2.45) is 0 Å². The molecule has 0 saturated heterocycles. The number of ether oxygens (including phenoxy) is 2. The van der Waals surface area contributed by atoms with Crippen LogP contribution >= 0.6 is 0 Å². The third-order valence-electron chi connectivity index (χ3n) is 5.53. The number of urea groups is 1. The first-order valence-corrected chi connectivity index (χ1v) is 10.2. The Morgan fingerprint density at radius 2 is 1.69 bits per heavy atom. The van der Waals surface area contributed by atoms with Gasteiger partial charge in [0.25, 0.3) is 0 Å².